The lowest BCUT2D eigenvalue weighted by atomic mass is 10.2. The number of amides is 1. The van der Waals surface area contributed by atoms with E-state index < -0.39 is 18.0 Å². The van der Waals surface area contributed by atoms with Crippen molar-refractivity contribution in [2.45, 2.75) is 13.0 Å². The quantitative estimate of drug-likeness (QED) is 0.505. The van der Waals surface area contributed by atoms with Crippen molar-refractivity contribution in [3.05, 3.63) is 63.1 Å². The highest BCUT2D eigenvalue weighted by Crippen LogP contribution is 2.28. The first kappa shape index (κ1) is 21.1. The highest BCUT2D eigenvalue weighted by atomic mass is 35.5. The minimum atomic E-state index is -1.04. The molecule has 0 spiro atoms. The average molecular weight is 429 g/mol. The summed E-state index contributed by atoms with van der Waals surface area (Å²) in [6.45, 7) is 1.45. The monoisotopic (exact) mass is 427 g/mol. The van der Waals surface area contributed by atoms with Crippen LogP contribution in [0.15, 0.2) is 42.5 Å². The number of ether oxygens (including phenoxy) is 2. The molecule has 142 valence electrons. The predicted molar refractivity (Wildman–Crippen MR) is 108 cm³/mol. The molecule has 2 aromatic rings. The molecule has 0 aliphatic carbocycles. The summed E-state index contributed by atoms with van der Waals surface area (Å²) in [5, 5.41) is 3.92. The molecule has 0 bridgehead atoms. The lowest BCUT2D eigenvalue weighted by Gasteiger charge is -2.14. The van der Waals surface area contributed by atoms with Gasteiger partial charge in [-0.2, -0.15) is 0 Å². The van der Waals surface area contributed by atoms with Crippen LogP contribution in [0.3, 0.4) is 0 Å². The van der Waals surface area contributed by atoms with Gasteiger partial charge in [0, 0.05) is 21.1 Å². The van der Waals surface area contributed by atoms with Crippen molar-refractivity contribution in [3.63, 3.8) is 0 Å². The normalized spacial score (nSPS) is 11.9. The molecular formula is C19H16Cl3NO4. The summed E-state index contributed by atoms with van der Waals surface area (Å²) in [5.74, 6) is -0.785. The molecule has 0 fully saturated rings. The van der Waals surface area contributed by atoms with E-state index in [1.54, 1.807) is 30.3 Å². The number of hydrogen-bond donors (Lipinski definition) is 1. The fourth-order valence-electron chi connectivity index (χ4n) is 2.07. The molecule has 0 aliphatic heterocycles. The molecule has 0 saturated heterocycles. The highest BCUT2D eigenvalue weighted by molar-refractivity contribution is 6.35. The molecule has 0 heterocycles. The van der Waals surface area contributed by atoms with Gasteiger partial charge in [0.05, 0.1) is 12.8 Å². The van der Waals surface area contributed by atoms with Crippen LogP contribution in [0.2, 0.25) is 15.1 Å². The number of carbonyl (C=O) groups is 2. The first-order valence-electron chi connectivity index (χ1n) is 7.78. The van der Waals surface area contributed by atoms with E-state index in [-0.39, 0.29) is 0 Å². The largest absolute Gasteiger partial charge is 0.495 e. The van der Waals surface area contributed by atoms with Crippen LogP contribution >= 0.6 is 34.8 Å². The number of methoxy groups -OCH3 is 1. The van der Waals surface area contributed by atoms with Crippen LogP contribution in [0.1, 0.15) is 12.5 Å². The van der Waals surface area contributed by atoms with Gasteiger partial charge in [0.2, 0.25) is 0 Å². The van der Waals surface area contributed by atoms with E-state index in [0.717, 1.165) is 0 Å². The van der Waals surface area contributed by atoms with Crippen molar-refractivity contribution in [1.29, 1.82) is 0 Å². The molecule has 2 aromatic carbocycles. The summed E-state index contributed by atoms with van der Waals surface area (Å²) in [4.78, 5) is 24.2. The van der Waals surface area contributed by atoms with Crippen molar-refractivity contribution in [3.8, 4) is 5.75 Å². The Hall–Kier alpha value is -2.21. The summed E-state index contributed by atoms with van der Waals surface area (Å²) in [6, 6.07) is 9.65. The maximum atomic E-state index is 12.2. The molecule has 8 heteroatoms. The molecule has 2 rings (SSSR count). The van der Waals surface area contributed by atoms with Gasteiger partial charge in [0.15, 0.2) is 6.10 Å². The minimum absolute atomic E-state index is 0.376. The summed E-state index contributed by atoms with van der Waals surface area (Å²) < 4.78 is 10.2. The molecule has 27 heavy (non-hydrogen) atoms. The van der Waals surface area contributed by atoms with Gasteiger partial charge in [0.1, 0.15) is 5.75 Å². The van der Waals surface area contributed by atoms with E-state index in [9.17, 15) is 9.59 Å². The molecule has 0 radical (unpaired) electrons. The zero-order valence-corrected chi connectivity index (χ0v) is 16.7. The summed E-state index contributed by atoms with van der Waals surface area (Å²) in [7, 11) is 1.47. The third kappa shape index (κ3) is 6.17. The van der Waals surface area contributed by atoms with Gasteiger partial charge >= 0.3 is 5.97 Å². The van der Waals surface area contributed by atoms with Crippen molar-refractivity contribution in [1.82, 2.24) is 0 Å². The Bertz CT molecular complexity index is 883. The van der Waals surface area contributed by atoms with Crippen molar-refractivity contribution >= 4 is 58.4 Å². The second-order valence-corrected chi connectivity index (χ2v) is 6.69. The summed E-state index contributed by atoms with van der Waals surface area (Å²) in [6.07, 6.45) is 1.62. The first-order valence-corrected chi connectivity index (χ1v) is 8.91. The van der Waals surface area contributed by atoms with Gasteiger partial charge in [-0.3, -0.25) is 4.79 Å². The maximum Gasteiger partial charge on any atom is 0.331 e. The lowest BCUT2D eigenvalue weighted by molar-refractivity contribution is -0.148. The Morgan fingerprint density at radius 3 is 2.41 bits per heavy atom. The standard InChI is InChI=1S/C19H16Cl3NO4/c1-11(19(25)23-16-10-14(21)6-7-17(16)26-2)27-18(24)8-4-12-3-5-13(20)9-15(12)22/h3-11H,1-2H3,(H,23,25)/b8-4+. The van der Waals surface area contributed by atoms with Crippen molar-refractivity contribution in [2.75, 3.05) is 12.4 Å². The molecule has 1 atom stereocenters. The van der Waals surface area contributed by atoms with Gasteiger partial charge < -0.3 is 14.8 Å². The third-order valence-electron chi connectivity index (χ3n) is 3.44. The molecule has 1 N–H and O–H groups in total. The van der Waals surface area contributed by atoms with Gasteiger partial charge in [-0.1, -0.05) is 40.9 Å². The van der Waals surface area contributed by atoms with E-state index in [1.165, 1.54) is 32.3 Å². The Morgan fingerprint density at radius 1 is 1.07 bits per heavy atom. The Morgan fingerprint density at radius 2 is 1.74 bits per heavy atom. The number of benzene rings is 2. The zero-order valence-electron chi connectivity index (χ0n) is 14.5. The number of halogens is 3. The first-order chi connectivity index (χ1) is 12.8. The van der Waals surface area contributed by atoms with Crippen LogP contribution in [-0.4, -0.2) is 25.1 Å². The molecule has 1 unspecified atom stereocenters. The van der Waals surface area contributed by atoms with Crippen LogP contribution in [-0.2, 0) is 14.3 Å². The molecule has 1 amide bonds. The minimum Gasteiger partial charge on any atom is -0.495 e. The van der Waals surface area contributed by atoms with Gasteiger partial charge in [0.25, 0.3) is 5.91 Å². The molecule has 5 nitrogen and oxygen atoms in total. The Balaban J connectivity index is 1.98. The molecule has 0 aromatic heterocycles. The fraction of sp³-hybridized carbons (Fsp3) is 0.158. The van der Waals surface area contributed by atoms with Crippen molar-refractivity contribution < 1.29 is 19.1 Å². The SMILES string of the molecule is COc1ccc(Cl)cc1NC(=O)C(C)OC(=O)/C=C/c1ccc(Cl)cc1Cl. The van der Waals surface area contributed by atoms with Crippen LogP contribution < -0.4 is 10.1 Å². The average Bonchev–Trinajstić information content (AvgIpc) is 2.61. The number of esters is 1. The topological polar surface area (TPSA) is 64.6 Å². The van der Waals surface area contributed by atoms with Gasteiger partial charge in [-0.15, -0.1) is 0 Å². The lowest BCUT2D eigenvalue weighted by Crippen LogP contribution is -2.29. The number of carbonyl (C=O) groups excluding carboxylic acids is 2. The van der Waals surface area contributed by atoms with Gasteiger partial charge in [-0.05, 0) is 48.9 Å². The van der Waals surface area contributed by atoms with E-state index in [2.05, 4.69) is 5.32 Å². The maximum absolute atomic E-state index is 12.2. The summed E-state index contributed by atoms with van der Waals surface area (Å²) in [5.41, 5.74) is 0.972. The smallest absolute Gasteiger partial charge is 0.331 e. The van der Waals surface area contributed by atoms with E-state index in [1.807, 2.05) is 0 Å². The Labute approximate surface area is 171 Å². The second kappa shape index (κ2) is 9.65. The number of rotatable bonds is 6. The van der Waals surface area contributed by atoms with Crippen LogP contribution in [0.25, 0.3) is 6.08 Å². The highest BCUT2D eigenvalue weighted by Gasteiger charge is 2.18. The molecule has 0 aliphatic rings. The van der Waals surface area contributed by atoms with E-state index >= 15 is 0 Å². The second-order valence-electron chi connectivity index (χ2n) is 5.41. The van der Waals surface area contributed by atoms with Gasteiger partial charge in [-0.25, -0.2) is 4.79 Å². The summed E-state index contributed by atoms with van der Waals surface area (Å²) >= 11 is 17.8. The number of anilines is 1. The third-order valence-corrected chi connectivity index (χ3v) is 4.24. The zero-order chi connectivity index (χ0) is 20.0. The van der Waals surface area contributed by atoms with Crippen molar-refractivity contribution in [2.24, 2.45) is 0 Å². The van der Waals surface area contributed by atoms with E-state index in [4.69, 9.17) is 44.3 Å². The van der Waals surface area contributed by atoms with Crippen LogP contribution in [0.5, 0.6) is 5.75 Å². The van der Waals surface area contributed by atoms with E-state index in [0.29, 0.717) is 32.1 Å². The molecular weight excluding hydrogens is 413 g/mol. The number of hydrogen-bond acceptors (Lipinski definition) is 4. The Kier molecular flexibility index (Phi) is 7.54. The predicted octanol–water partition coefficient (Wildman–Crippen LogP) is 5.24. The van der Waals surface area contributed by atoms with Crippen LogP contribution in [0, 0.1) is 0 Å². The fourth-order valence-corrected chi connectivity index (χ4v) is 2.72. The number of nitrogens with one attached hydrogen (secondary N) is 1. The molecule has 0 saturated carbocycles. The van der Waals surface area contributed by atoms with Crippen LogP contribution in [0.4, 0.5) is 5.69 Å².